The monoisotopic (exact) mass is 366 g/mol. The first-order valence-electron chi connectivity index (χ1n) is 5.09. The summed E-state index contributed by atoms with van der Waals surface area (Å²) < 4.78 is 65.6. The second kappa shape index (κ2) is 5.41. The number of pyridine rings is 1. The maximum Gasteiger partial charge on any atom is 0.266 e. The third kappa shape index (κ3) is 2.93. The van der Waals surface area contributed by atoms with Crippen LogP contribution in [0.2, 0.25) is 0 Å². The van der Waals surface area contributed by atoms with Crippen LogP contribution in [0.15, 0.2) is 39.8 Å². The van der Waals surface area contributed by atoms with E-state index in [9.17, 15) is 21.6 Å². The van der Waals surface area contributed by atoms with Crippen molar-refractivity contribution >= 4 is 31.8 Å². The van der Waals surface area contributed by atoms with Gasteiger partial charge in [-0.3, -0.25) is 4.72 Å². The summed E-state index contributed by atoms with van der Waals surface area (Å²) in [5.74, 6) is -5.19. The smallest absolute Gasteiger partial charge is 0.263 e. The number of nitrogens with zero attached hydrogens (tertiary/aromatic N) is 1. The average molecular weight is 367 g/mol. The maximum atomic E-state index is 13.5. The Hall–Kier alpha value is -1.61. The number of anilines is 1. The van der Waals surface area contributed by atoms with Crippen molar-refractivity contribution in [2.45, 2.75) is 4.90 Å². The van der Waals surface area contributed by atoms with Gasteiger partial charge < -0.3 is 0 Å². The van der Waals surface area contributed by atoms with Crippen molar-refractivity contribution < 1.29 is 21.6 Å². The van der Waals surface area contributed by atoms with Gasteiger partial charge in [-0.25, -0.2) is 26.6 Å². The van der Waals surface area contributed by atoms with E-state index >= 15 is 0 Å². The van der Waals surface area contributed by atoms with E-state index in [0.29, 0.717) is 16.6 Å². The minimum absolute atomic E-state index is 0.0858. The highest BCUT2D eigenvalue weighted by molar-refractivity contribution is 9.10. The topological polar surface area (TPSA) is 59.1 Å². The van der Waals surface area contributed by atoms with E-state index in [0.717, 1.165) is 0 Å². The molecule has 0 atom stereocenters. The second-order valence-electron chi connectivity index (χ2n) is 3.64. The molecule has 0 radical (unpaired) electrons. The molecular formula is C11H6BrF3N2O2S. The molecule has 0 amide bonds. The van der Waals surface area contributed by atoms with E-state index in [4.69, 9.17) is 0 Å². The molecule has 4 nitrogen and oxygen atoms in total. The Morgan fingerprint density at radius 2 is 1.75 bits per heavy atom. The van der Waals surface area contributed by atoms with Crippen LogP contribution in [-0.2, 0) is 10.0 Å². The van der Waals surface area contributed by atoms with E-state index in [1.54, 1.807) is 0 Å². The summed E-state index contributed by atoms with van der Waals surface area (Å²) in [6.45, 7) is 0. The van der Waals surface area contributed by atoms with Crippen LogP contribution in [0, 0.1) is 17.5 Å². The van der Waals surface area contributed by atoms with Crippen LogP contribution in [0.1, 0.15) is 0 Å². The molecule has 1 aromatic carbocycles. The van der Waals surface area contributed by atoms with Crippen LogP contribution in [0.3, 0.4) is 0 Å². The van der Waals surface area contributed by atoms with E-state index in [2.05, 4.69) is 20.9 Å². The molecule has 0 aliphatic heterocycles. The van der Waals surface area contributed by atoms with Crippen LogP contribution >= 0.6 is 15.9 Å². The number of rotatable bonds is 3. The molecule has 2 rings (SSSR count). The fraction of sp³-hybridized carbons (Fsp3) is 0. The normalized spacial score (nSPS) is 11.4. The zero-order valence-corrected chi connectivity index (χ0v) is 12.0. The molecule has 0 aliphatic carbocycles. The lowest BCUT2D eigenvalue weighted by atomic mass is 10.3. The van der Waals surface area contributed by atoms with Crippen molar-refractivity contribution in [1.82, 2.24) is 4.98 Å². The van der Waals surface area contributed by atoms with Crippen LogP contribution in [0.5, 0.6) is 0 Å². The van der Waals surface area contributed by atoms with Gasteiger partial charge in [-0.1, -0.05) is 0 Å². The van der Waals surface area contributed by atoms with Gasteiger partial charge in [0.05, 0.1) is 0 Å². The number of sulfonamides is 1. The summed E-state index contributed by atoms with van der Waals surface area (Å²) in [6.07, 6.45) is 1.32. The molecule has 2 aromatic rings. The number of halogens is 4. The van der Waals surface area contributed by atoms with Crippen LogP contribution < -0.4 is 4.72 Å². The summed E-state index contributed by atoms with van der Waals surface area (Å²) in [7, 11) is -4.41. The van der Waals surface area contributed by atoms with Gasteiger partial charge in [0.1, 0.15) is 10.7 Å². The molecular weight excluding hydrogens is 361 g/mol. The standard InChI is InChI=1S/C11H6BrF3N2O2S/c12-6-1-4-9(16-5-6)17-20(18,19)8-3-2-7(13)10(14)11(8)15/h1-5H,(H,16,17). The van der Waals surface area contributed by atoms with Gasteiger partial charge in [0, 0.05) is 10.7 Å². The summed E-state index contributed by atoms with van der Waals surface area (Å²) in [6, 6.07) is 3.99. The number of hydrogen-bond donors (Lipinski definition) is 1. The average Bonchev–Trinajstić information content (AvgIpc) is 2.38. The fourth-order valence-electron chi connectivity index (χ4n) is 1.34. The Labute approximate surface area is 120 Å². The molecule has 0 aliphatic rings. The molecule has 0 unspecified atom stereocenters. The van der Waals surface area contributed by atoms with Crippen molar-refractivity contribution in [3.05, 3.63) is 52.4 Å². The summed E-state index contributed by atoms with van der Waals surface area (Å²) in [5.41, 5.74) is 0. The minimum Gasteiger partial charge on any atom is -0.263 e. The van der Waals surface area contributed by atoms with Gasteiger partial charge in [0.25, 0.3) is 10.0 Å². The molecule has 0 fully saturated rings. The van der Waals surface area contributed by atoms with Crippen molar-refractivity contribution in [2.75, 3.05) is 4.72 Å². The highest BCUT2D eigenvalue weighted by atomic mass is 79.9. The molecule has 0 saturated heterocycles. The first-order chi connectivity index (χ1) is 9.31. The van der Waals surface area contributed by atoms with Gasteiger partial charge in [0.2, 0.25) is 0 Å². The van der Waals surface area contributed by atoms with E-state index in [-0.39, 0.29) is 5.82 Å². The van der Waals surface area contributed by atoms with Gasteiger partial charge in [-0.15, -0.1) is 0 Å². The fourth-order valence-corrected chi connectivity index (χ4v) is 2.66. The SMILES string of the molecule is O=S(=O)(Nc1ccc(Br)cn1)c1ccc(F)c(F)c1F. The summed E-state index contributed by atoms with van der Waals surface area (Å²) >= 11 is 3.11. The maximum absolute atomic E-state index is 13.5. The Morgan fingerprint density at radius 1 is 1.05 bits per heavy atom. The first-order valence-corrected chi connectivity index (χ1v) is 7.37. The molecule has 1 heterocycles. The first kappa shape index (κ1) is 14.8. The van der Waals surface area contributed by atoms with Crippen molar-refractivity contribution in [3.8, 4) is 0 Å². The summed E-state index contributed by atoms with van der Waals surface area (Å²) in [4.78, 5) is 2.73. The van der Waals surface area contributed by atoms with Crippen molar-refractivity contribution in [2.24, 2.45) is 0 Å². The Bertz CT molecular complexity index is 751. The molecule has 0 saturated carbocycles. The molecule has 9 heteroatoms. The second-order valence-corrected chi connectivity index (χ2v) is 6.21. The number of nitrogens with one attached hydrogen (secondary N) is 1. The Morgan fingerprint density at radius 3 is 2.35 bits per heavy atom. The van der Waals surface area contributed by atoms with Crippen molar-refractivity contribution in [1.29, 1.82) is 0 Å². The zero-order chi connectivity index (χ0) is 14.9. The zero-order valence-electron chi connectivity index (χ0n) is 9.57. The van der Waals surface area contributed by atoms with E-state index in [1.807, 2.05) is 4.72 Å². The number of hydrogen-bond acceptors (Lipinski definition) is 3. The Balaban J connectivity index is 2.41. The van der Waals surface area contributed by atoms with Crippen molar-refractivity contribution in [3.63, 3.8) is 0 Å². The third-order valence-electron chi connectivity index (χ3n) is 2.26. The van der Waals surface area contributed by atoms with Crippen LogP contribution in [0.4, 0.5) is 19.0 Å². The minimum atomic E-state index is -4.41. The largest absolute Gasteiger partial charge is 0.266 e. The Kier molecular flexibility index (Phi) is 4.00. The van der Waals surface area contributed by atoms with Gasteiger partial charge in [-0.2, -0.15) is 0 Å². The molecule has 20 heavy (non-hydrogen) atoms. The van der Waals surface area contributed by atoms with E-state index < -0.39 is 32.4 Å². The van der Waals surface area contributed by atoms with Crippen LogP contribution in [0.25, 0.3) is 0 Å². The van der Waals surface area contributed by atoms with Gasteiger partial charge in [0.15, 0.2) is 17.5 Å². The molecule has 1 N–H and O–H groups in total. The predicted molar refractivity (Wildman–Crippen MR) is 69.1 cm³/mol. The highest BCUT2D eigenvalue weighted by Gasteiger charge is 2.24. The predicted octanol–water partition coefficient (Wildman–Crippen LogP) is 3.06. The molecule has 0 bridgehead atoms. The molecule has 106 valence electrons. The quantitative estimate of drug-likeness (QED) is 0.849. The van der Waals surface area contributed by atoms with Crippen LogP contribution in [-0.4, -0.2) is 13.4 Å². The number of aromatic nitrogens is 1. The molecule has 0 spiro atoms. The number of benzene rings is 1. The highest BCUT2D eigenvalue weighted by Crippen LogP contribution is 2.22. The lowest BCUT2D eigenvalue weighted by molar-refractivity contribution is 0.432. The summed E-state index contributed by atoms with van der Waals surface area (Å²) in [5, 5.41) is 0. The van der Waals surface area contributed by atoms with Gasteiger partial charge in [-0.05, 0) is 40.2 Å². The molecule has 1 aromatic heterocycles. The van der Waals surface area contributed by atoms with E-state index in [1.165, 1.54) is 18.3 Å². The van der Waals surface area contributed by atoms with Gasteiger partial charge >= 0.3 is 0 Å². The third-order valence-corrected chi connectivity index (χ3v) is 4.10. The lowest BCUT2D eigenvalue weighted by Crippen LogP contribution is -2.16. The lowest BCUT2D eigenvalue weighted by Gasteiger charge is -2.08.